The van der Waals surface area contributed by atoms with Crippen molar-refractivity contribution >= 4 is 11.4 Å². The van der Waals surface area contributed by atoms with Crippen molar-refractivity contribution in [1.82, 2.24) is 0 Å². The summed E-state index contributed by atoms with van der Waals surface area (Å²) in [5.41, 5.74) is 5.50. The van der Waals surface area contributed by atoms with Gasteiger partial charge in [-0.2, -0.15) is 0 Å². The van der Waals surface area contributed by atoms with Crippen LogP contribution in [0.3, 0.4) is 0 Å². The number of fused-ring (bicyclic) bond motifs is 1. The lowest BCUT2D eigenvalue weighted by Gasteiger charge is -2.36. The Morgan fingerprint density at radius 3 is 2.58 bits per heavy atom. The first-order valence-corrected chi connectivity index (χ1v) is 8.65. The van der Waals surface area contributed by atoms with Crippen molar-refractivity contribution < 1.29 is 9.80 Å². The van der Waals surface area contributed by atoms with Crippen molar-refractivity contribution in [3.8, 4) is 0 Å². The molecule has 3 heteroatoms. The number of hydrogen-bond acceptors (Lipinski definition) is 2. The molecule has 0 bridgehead atoms. The standard InChI is InChI=1S/C21H29NO2/c1-15(2)9-8-10-16(3)13-14-18-17(4)22(23)20-12-7-6-11-19(20)21(18)24-5/h6-7,9,11-13,17,22H,8,10,14H2,1-5H3. The molecule has 3 nitrogen and oxygen atoms in total. The molecule has 1 aliphatic heterocycles. The number of quaternary nitrogens is 1. The molecule has 1 heterocycles. The highest BCUT2D eigenvalue weighted by Crippen LogP contribution is 2.32. The fraction of sp³-hybridized carbons (Fsp3) is 0.429. The molecular weight excluding hydrogens is 298 g/mol. The van der Waals surface area contributed by atoms with Crippen molar-refractivity contribution in [3.05, 3.63) is 63.9 Å². The summed E-state index contributed by atoms with van der Waals surface area (Å²) in [4.78, 5) is 0. The van der Waals surface area contributed by atoms with E-state index in [0.717, 1.165) is 41.8 Å². The molecular formula is C21H29NO2. The van der Waals surface area contributed by atoms with E-state index in [0.29, 0.717) is 0 Å². The van der Waals surface area contributed by atoms with Crippen molar-refractivity contribution in [1.29, 1.82) is 0 Å². The van der Waals surface area contributed by atoms with Crippen LogP contribution >= 0.6 is 0 Å². The van der Waals surface area contributed by atoms with Crippen LogP contribution < -0.4 is 5.06 Å². The minimum Gasteiger partial charge on any atom is -0.628 e. The second kappa shape index (κ2) is 8.32. The lowest BCUT2D eigenvalue weighted by molar-refractivity contribution is -0.798. The quantitative estimate of drug-likeness (QED) is 0.615. The van der Waals surface area contributed by atoms with Gasteiger partial charge in [-0.1, -0.05) is 35.4 Å². The number of allylic oxidation sites excluding steroid dienone is 4. The molecule has 1 N–H and O–H groups in total. The monoisotopic (exact) mass is 327 g/mol. The predicted molar refractivity (Wildman–Crippen MR) is 101 cm³/mol. The molecule has 0 saturated carbocycles. The number of benzene rings is 1. The van der Waals surface area contributed by atoms with Crippen LogP contribution in [0.25, 0.3) is 5.76 Å². The fourth-order valence-electron chi connectivity index (χ4n) is 3.14. The van der Waals surface area contributed by atoms with Crippen LogP contribution in [0, 0.1) is 5.21 Å². The molecule has 0 radical (unpaired) electrons. The Kier molecular flexibility index (Phi) is 6.41. The first-order chi connectivity index (χ1) is 11.5. The minimum atomic E-state index is -0.128. The van der Waals surface area contributed by atoms with E-state index in [4.69, 9.17) is 4.74 Å². The summed E-state index contributed by atoms with van der Waals surface area (Å²) in [6.45, 7) is 8.40. The number of hydrogen-bond donors (Lipinski definition) is 1. The number of methoxy groups -OCH3 is 1. The summed E-state index contributed by atoms with van der Waals surface area (Å²) >= 11 is 0. The van der Waals surface area contributed by atoms with Crippen LogP contribution in [0.1, 0.15) is 52.5 Å². The summed E-state index contributed by atoms with van der Waals surface area (Å²) in [7, 11) is 1.69. The Morgan fingerprint density at radius 1 is 1.21 bits per heavy atom. The topological polar surface area (TPSA) is 36.7 Å². The van der Waals surface area contributed by atoms with E-state index < -0.39 is 0 Å². The van der Waals surface area contributed by atoms with Gasteiger partial charge in [-0.15, -0.1) is 0 Å². The number of ether oxygens (including phenoxy) is 1. The Morgan fingerprint density at radius 2 is 1.92 bits per heavy atom. The molecule has 0 fully saturated rings. The average Bonchev–Trinajstić information content (AvgIpc) is 2.56. The fourth-order valence-corrected chi connectivity index (χ4v) is 3.14. The maximum Gasteiger partial charge on any atom is 0.142 e. The van der Waals surface area contributed by atoms with Crippen LogP contribution in [-0.2, 0) is 4.74 Å². The Bertz CT molecular complexity index is 666. The number of para-hydroxylation sites is 1. The van der Waals surface area contributed by atoms with E-state index in [-0.39, 0.29) is 11.1 Å². The third kappa shape index (κ3) is 4.16. The molecule has 2 rings (SSSR count). The Balaban J connectivity index is 2.24. The van der Waals surface area contributed by atoms with Crippen LogP contribution in [0.4, 0.5) is 5.69 Å². The zero-order valence-electron chi connectivity index (χ0n) is 15.5. The van der Waals surface area contributed by atoms with E-state index in [1.165, 1.54) is 11.1 Å². The van der Waals surface area contributed by atoms with Gasteiger partial charge in [0.2, 0.25) is 0 Å². The molecule has 0 aromatic heterocycles. The van der Waals surface area contributed by atoms with E-state index in [9.17, 15) is 5.21 Å². The van der Waals surface area contributed by atoms with Gasteiger partial charge in [0.25, 0.3) is 0 Å². The van der Waals surface area contributed by atoms with Crippen molar-refractivity contribution in [2.75, 3.05) is 7.11 Å². The van der Waals surface area contributed by atoms with Gasteiger partial charge < -0.3 is 15.0 Å². The van der Waals surface area contributed by atoms with Crippen LogP contribution in [-0.4, -0.2) is 13.2 Å². The van der Waals surface area contributed by atoms with Crippen molar-refractivity contribution in [3.63, 3.8) is 0 Å². The van der Waals surface area contributed by atoms with Gasteiger partial charge in [-0.25, -0.2) is 0 Å². The van der Waals surface area contributed by atoms with E-state index in [1.807, 2.05) is 31.2 Å². The molecule has 0 aliphatic carbocycles. The molecule has 2 atom stereocenters. The summed E-state index contributed by atoms with van der Waals surface area (Å²) in [5.74, 6) is 0.867. The highest BCUT2D eigenvalue weighted by molar-refractivity contribution is 5.73. The van der Waals surface area contributed by atoms with Crippen molar-refractivity contribution in [2.24, 2.45) is 0 Å². The number of nitrogens with one attached hydrogen (secondary N) is 1. The SMILES string of the molecule is COC1=C(CC=C(C)CCC=C(C)C)C(C)[NH+]([O-])c2ccccc21. The highest BCUT2D eigenvalue weighted by Gasteiger charge is 2.30. The predicted octanol–water partition coefficient (Wildman–Crippen LogP) is 4.54. The van der Waals surface area contributed by atoms with Gasteiger partial charge in [-0.05, 0) is 53.0 Å². The third-order valence-electron chi connectivity index (χ3n) is 4.61. The molecule has 1 aliphatic rings. The first kappa shape index (κ1) is 18.5. The summed E-state index contributed by atoms with van der Waals surface area (Å²) in [6.07, 6.45) is 7.40. The molecule has 0 spiro atoms. The van der Waals surface area contributed by atoms with Gasteiger partial charge >= 0.3 is 0 Å². The van der Waals surface area contributed by atoms with Crippen molar-refractivity contribution in [2.45, 2.75) is 53.0 Å². The minimum absolute atomic E-state index is 0.128. The molecule has 24 heavy (non-hydrogen) atoms. The lowest BCUT2D eigenvalue weighted by Crippen LogP contribution is -3.07. The molecule has 0 saturated heterocycles. The zero-order valence-corrected chi connectivity index (χ0v) is 15.5. The number of hydroxylamine groups is 1. The normalized spacial score (nSPS) is 20.7. The van der Waals surface area contributed by atoms with Gasteiger partial charge in [0.15, 0.2) is 0 Å². The largest absolute Gasteiger partial charge is 0.628 e. The molecule has 2 unspecified atom stereocenters. The molecule has 1 aromatic carbocycles. The molecule has 1 aromatic rings. The summed E-state index contributed by atoms with van der Waals surface area (Å²) < 4.78 is 5.68. The van der Waals surface area contributed by atoms with E-state index in [1.54, 1.807) is 7.11 Å². The van der Waals surface area contributed by atoms with E-state index in [2.05, 4.69) is 32.9 Å². The molecule has 0 amide bonds. The maximum atomic E-state index is 12.7. The van der Waals surface area contributed by atoms with Crippen LogP contribution in [0.5, 0.6) is 0 Å². The van der Waals surface area contributed by atoms with Gasteiger partial charge in [-0.3, -0.25) is 0 Å². The summed E-state index contributed by atoms with van der Waals surface area (Å²) in [5, 5.41) is 12.9. The Labute approximate surface area is 145 Å². The van der Waals surface area contributed by atoms with E-state index >= 15 is 0 Å². The van der Waals surface area contributed by atoms with Crippen LogP contribution in [0.15, 0.2) is 53.1 Å². The smallest absolute Gasteiger partial charge is 0.142 e. The average molecular weight is 327 g/mol. The van der Waals surface area contributed by atoms with Gasteiger partial charge in [0.1, 0.15) is 17.5 Å². The van der Waals surface area contributed by atoms with Crippen LogP contribution in [0.2, 0.25) is 0 Å². The van der Waals surface area contributed by atoms with Gasteiger partial charge in [0, 0.05) is 11.6 Å². The lowest BCUT2D eigenvalue weighted by atomic mass is 9.93. The summed E-state index contributed by atoms with van der Waals surface area (Å²) in [6, 6.07) is 7.61. The third-order valence-corrected chi connectivity index (χ3v) is 4.61. The second-order valence-corrected chi connectivity index (χ2v) is 6.76. The highest BCUT2D eigenvalue weighted by atomic mass is 16.5. The maximum absolute atomic E-state index is 12.7. The molecule has 130 valence electrons. The number of rotatable bonds is 6. The Hall–Kier alpha value is -1.84. The first-order valence-electron chi connectivity index (χ1n) is 8.65. The second-order valence-electron chi connectivity index (χ2n) is 6.76. The zero-order chi connectivity index (χ0) is 17.7. The van der Waals surface area contributed by atoms with Gasteiger partial charge in [0.05, 0.1) is 12.7 Å².